The van der Waals surface area contributed by atoms with Crippen molar-refractivity contribution in [1.29, 1.82) is 0 Å². The van der Waals surface area contributed by atoms with Crippen LogP contribution < -0.4 is 0 Å². The molecule has 0 aromatic heterocycles. The maximum absolute atomic E-state index is 14.1. The Bertz CT molecular complexity index is 1340. The highest BCUT2D eigenvalue weighted by atomic mass is 79.9. The number of ketones is 1. The fourth-order valence-electron chi connectivity index (χ4n) is 12.4. The number of hydrogen-bond acceptors (Lipinski definition) is 3. The second-order valence-corrected chi connectivity index (χ2v) is 17.2. The van der Waals surface area contributed by atoms with Gasteiger partial charge in [0.2, 0.25) is 0 Å². The highest BCUT2D eigenvalue weighted by Crippen LogP contribution is 2.77. The largest absolute Gasteiger partial charge is 0.469 e. The molecular weight excluding hydrogens is 584 g/mol. The molecule has 0 amide bonds. The van der Waals surface area contributed by atoms with Gasteiger partial charge in [-0.2, -0.15) is 0 Å². The zero-order chi connectivity index (χ0) is 30.5. The van der Waals surface area contributed by atoms with E-state index in [0.717, 1.165) is 60.6 Å². The predicted molar refractivity (Wildman–Crippen MR) is 173 cm³/mol. The van der Waals surface area contributed by atoms with Crippen molar-refractivity contribution in [2.45, 2.75) is 99.3 Å². The average molecular weight is 636 g/mol. The number of methoxy groups -OCH3 is 1. The molecule has 0 heterocycles. The summed E-state index contributed by atoms with van der Waals surface area (Å²) in [7, 11) is 1.59. The topological polar surface area (TPSA) is 43.4 Å². The lowest BCUT2D eigenvalue weighted by Gasteiger charge is -2.72. The summed E-state index contributed by atoms with van der Waals surface area (Å²) in [5.74, 6) is 2.50. The Morgan fingerprint density at radius 3 is 2.26 bits per heavy atom. The Kier molecular flexibility index (Phi) is 7.16. The van der Waals surface area contributed by atoms with E-state index < -0.39 is 0 Å². The van der Waals surface area contributed by atoms with Crippen molar-refractivity contribution < 1.29 is 14.3 Å². The van der Waals surface area contributed by atoms with Gasteiger partial charge in [-0.3, -0.25) is 9.59 Å². The van der Waals surface area contributed by atoms with Gasteiger partial charge in [-0.15, -0.1) is 0 Å². The maximum Gasteiger partial charge on any atom is 0.312 e. The number of halogens is 1. The zero-order valence-electron chi connectivity index (χ0n) is 26.9. The van der Waals surface area contributed by atoms with Gasteiger partial charge in [-0.1, -0.05) is 74.8 Å². The van der Waals surface area contributed by atoms with Crippen LogP contribution in [0.4, 0.5) is 0 Å². The molecule has 0 aliphatic heterocycles. The third kappa shape index (κ3) is 3.94. The number of carbonyl (C=O) groups is 2. The third-order valence-electron chi connectivity index (χ3n) is 14.5. The lowest BCUT2D eigenvalue weighted by atomic mass is 9.32. The van der Waals surface area contributed by atoms with Crippen LogP contribution in [0.2, 0.25) is 0 Å². The molecule has 0 radical (unpaired) electrons. The smallest absolute Gasteiger partial charge is 0.312 e. The number of hydrogen-bond donors (Lipinski definition) is 0. The van der Waals surface area contributed by atoms with E-state index in [-0.39, 0.29) is 33.0 Å². The first kappa shape index (κ1) is 30.4. The van der Waals surface area contributed by atoms with Crippen molar-refractivity contribution >= 4 is 33.8 Å². The molecule has 1 aromatic carbocycles. The Labute approximate surface area is 262 Å². The monoisotopic (exact) mass is 634 g/mol. The summed E-state index contributed by atoms with van der Waals surface area (Å²) in [5.41, 5.74) is 2.98. The third-order valence-corrected chi connectivity index (χ3v) is 15.0. The number of fused-ring (bicyclic) bond motifs is 7. The van der Waals surface area contributed by atoms with E-state index in [0.29, 0.717) is 35.4 Å². The normalized spacial score (nSPS) is 44.9. The molecule has 42 heavy (non-hydrogen) atoms. The van der Waals surface area contributed by atoms with E-state index in [9.17, 15) is 9.59 Å². The summed E-state index contributed by atoms with van der Waals surface area (Å²) < 4.78 is 6.60. The molecule has 0 unspecified atom stereocenters. The maximum atomic E-state index is 14.1. The second kappa shape index (κ2) is 9.91. The van der Waals surface area contributed by atoms with Gasteiger partial charge < -0.3 is 4.74 Å². The standard InChI is InChI=1S/C38H51BrO3/c1-23(2)27-15-18-38(33(41)42-8)20-19-36(6)28(31(27)38)13-14-30-35(5)22-25(21-24-9-11-26(39)12-10-24)32(40)34(3,4)29(35)16-17-37(30,36)7/h9-12,21,27-31H,1,13-20,22H2,2-8H3/b25-21-/t27-,28+,29+,30+,31+,35-,36+,37+,38-/m0/s1. The number of Topliss-reactive ketones (excluding diaryl/α,β-unsaturated/α-hetero) is 1. The van der Waals surface area contributed by atoms with E-state index in [1.165, 1.54) is 18.4 Å². The van der Waals surface area contributed by atoms with Gasteiger partial charge in [0, 0.05) is 9.89 Å². The van der Waals surface area contributed by atoms with E-state index in [4.69, 9.17) is 4.74 Å². The summed E-state index contributed by atoms with van der Waals surface area (Å²) in [6.07, 6.45) is 11.7. The molecule has 5 aliphatic rings. The summed E-state index contributed by atoms with van der Waals surface area (Å²) in [6.45, 7) is 18.8. The van der Waals surface area contributed by atoms with Gasteiger partial charge in [0.1, 0.15) is 0 Å². The number of rotatable bonds is 3. The van der Waals surface area contributed by atoms with Crippen LogP contribution in [0.25, 0.3) is 6.08 Å². The van der Waals surface area contributed by atoms with Crippen molar-refractivity contribution in [1.82, 2.24) is 0 Å². The summed E-state index contributed by atoms with van der Waals surface area (Å²) in [4.78, 5) is 27.6. The lowest BCUT2D eigenvalue weighted by molar-refractivity contribution is -0.232. The van der Waals surface area contributed by atoms with Crippen LogP contribution in [0.3, 0.4) is 0 Å². The molecule has 0 bridgehead atoms. The quantitative estimate of drug-likeness (QED) is 0.189. The van der Waals surface area contributed by atoms with Crippen molar-refractivity contribution in [3.05, 3.63) is 52.0 Å². The summed E-state index contributed by atoms with van der Waals surface area (Å²) in [6, 6.07) is 8.35. The highest BCUT2D eigenvalue weighted by molar-refractivity contribution is 9.10. The van der Waals surface area contributed by atoms with Crippen LogP contribution in [0.5, 0.6) is 0 Å². The second-order valence-electron chi connectivity index (χ2n) is 16.3. The minimum atomic E-state index is -0.379. The molecule has 0 spiro atoms. The minimum absolute atomic E-state index is 0.0245. The van der Waals surface area contributed by atoms with Crippen LogP contribution in [0.1, 0.15) is 105 Å². The van der Waals surface area contributed by atoms with Crippen LogP contribution in [-0.4, -0.2) is 18.9 Å². The Hall–Kier alpha value is -1.68. The molecule has 0 saturated heterocycles. The van der Waals surface area contributed by atoms with E-state index in [1.807, 2.05) is 0 Å². The van der Waals surface area contributed by atoms with Crippen molar-refractivity contribution in [3.8, 4) is 0 Å². The van der Waals surface area contributed by atoms with E-state index in [2.05, 4.69) is 94.4 Å². The van der Waals surface area contributed by atoms with Gasteiger partial charge in [0.05, 0.1) is 12.5 Å². The van der Waals surface area contributed by atoms with Crippen molar-refractivity contribution in [2.24, 2.45) is 56.7 Å². The van der Waals surface area contributed by atoms with Crippen LogP contribution >= 0.6 is 15.9 Å². The minimum Gasteiger partial charge on any atom is -0.469 e. The number of esters is 1. The Morgan fingerprint density at radius 2 is 1.62 bits per heavy atom. The molecule has 6 rings (SSSR count). The fourth-order valence-corrected chi connectivity index (χ4v) is 12.7. The zero-order valence-corrected chi connectivity index (χ0v) is 28.5. The highest BCUT2D eigenvalue weighted by Gasteiger charge is 2.72. The molecule has 5 aliphatic carbocycles. The van der Waals surface area contributed by atoms with Gasteiger partial charge in [0.25, 0.3) is 0 Å². The van der Waals surface area contributed by atoms with E-state index >= 15 is 0 Å². The first-order chi connectivity index (χ1) is 19.7. The van der Waals surface area contributed by atoms with E-state index in [1.54, 1.807) is 7.11 Å². The number of allylic oxidation sites excluding steroid dienone is 2. The molecule has 228 valence electrons. The molecule has 3 nitrogen and oxygen atoms in total. The van der Waals surface area contributed by atoms with Crippen LogP contribution in [-0.2, 0) is 14.3 Å². The van der Waals surface area contributed by atoms with Crippen LogP contribution in [0, 0.1) is 56.7 Å². The lowest BCUT2D eigenvalue weighted by Crippen LogP contribution is -2.67. The number of benzene rings is 1. The Morgan fingerprint density at radius 1 is 0.929 bits per heavy atom. The molecule has 1 aromatic rings. The van der Waals surface area contributed by atoms with Gasteiger partial charge in [0.15, 0.2) is 5.78 Å². The van der Waals surface area contributed by atoms with Crippen LogP contribution in [0.15, 0.2) is 46.5 Å². The SMILES string of the molecule is C=C(C)[C@@H]1CC[C@]2(C(=O)OC)CC[C@]3(C)[C@H](CC[C@@H]4[C@@]5(C)C/C(=C/c6ccc(Br)cc6)C(=O)C(C)(C)[C@H]5CC[C@]43C)[C@@H]12. The summed E-state index contributed by atoms with van der Waals surface area (Å²) in [5, 5.41) is 0. The van der Waals surface area contributed by atoms with Crippen molar-refractivity contribution in [2.75, 3.05) is 7.11 Å². The van der Waals surface area contributed by atoms with Gasteiger partial charge >= 0.3 is 5.97 Å². The first-order valence-corrected chi connectivity index (χ1v) is 17.2. The summed E-state index contributed by atoms with van der Waals surface area (Å²) >= 11 is 3.56. The van der Waals surface area contributed by atoms with Crippen molar-refractivity contribution in [3.63, 3.8) is 0 Å². The number of carbonyl (C=O) groups excluding carboxylic acids is 2. The molecule has 0 N–H and O–H groups in total. The molecule has 5 fully saturated rings. The predicted octanol–water partition coefficient (Wildman–Crippen LogP) is 9.84. The molecule has 9 atom stereocenters. The first-order valence-electron chi connectivity index (χ1n) is 16.4. The fraction of sp³-hybridized carbons (Fsp3) is 0.684. The Balaban J connectivity index is 1.41. The molecule has 5 saturated carbocycles. The molecule has 4 heteroatoms. The average Bonchev–Trinajstić information content (AvgIpc) is 3.34. The molecular formula is C38H51BrO3. The van der Waals surface area contributed by atoms with Gasteiger partial charge in [-0.25, -0.2) is 0 Å². The van der Waals surface area contributed by atoms with Gasteiger partial charge in [-0.05, 0) is 140 Å². The number of ether oxygens (including phenoxy) is 1.